The molecule has 24 heavy (non-hydrogen) atoms. The number of piperidine rings is 1. The number of carbonyl (C=O) groups is 2. The molecule has 2 amide bonds. The second-order valence-electron chi connectivity index (χ2n) is 6.28. The summed E-state index contributed by atoms with van der Waals surface area (Å²) >= 11 is 0. The highest BCUT2D eigenvalue weighted by atomic mass is 16.5. The molecule has 0 bridgehead atoms. The minimum Gasteiger partial charge on any atom is -0.378 e. The number of rotatable bonds is 4. The van der Waals surface area contributed by atoms with Crippen LogP contribution in [0.2, 0.25) is 0 Å². The average Bonchev–Trinajstić information content (AvgIpc) is 3.12. The molecular weight excluding hydrogens is 310 g/mol. The number of nitrogens with zero attached hydrogens (tertiary/aromatic N) is 4. The molecular formula is C16H25N5O3. The van der Waals surface area contributed by atoms with E-state index in [1.165, 1.54) is 0 Å². The molecule has 2 aliphatic heterocycles. The van der Waals surface area contributed by atoms with E-state index in [2.05, 4.69) is 15.3 Å². The van der Waals surface area contributed by atoms with Crippen molar-refractivity contribution in [1.29, 1.82) is 0 Å². The maximum atomic E-state index is 12.4. The Balaban J connectivity index is 1.56. The Morgan fingerprint density at radius 2 is 2.12 bits per heavy atom. The van der Waals surface area contributed by atoms with E-state index in [0.29, 0.717) is 38.5 Å². The molecule has 2 saturated heterocycles. The van der Waals surface area contributed by atoms with Gasteiger partial charge in [-0.3, -0.25) is 19.2 Å². The van der Waals surface area contributed by atoms with Crippen molar-refractivity contribution in [1.82, 2.24) is 24.9 Å². The summed E-state index contributed by atoms with van der Waals surface area (Å²) in [5.74, 6) is -0.00521. The van der Waals surface area contributed by atoms with Crippen LogP contribution in [0.1, 0.15) is 29.4 Å². The molecule has 8 nitrogen and oxygen atoms in total. The maximum Gasteiger partial charge on any atom is 0.271 e. The SMILES string of the molecule is CNC(=O)c1ccn([C@@H]2CCCN(CC(=O)N3CCOCC3)C2)n1. The summed E-state index contributed by atoms with van der Waals surface area (Å²) in [6, 6.07) is 1.94. The molecule has 8 heteroatoms. The van der Waals surface area contributed by atoms with Crippen LogP contribution in [0.3, 0.4) is 0 Å². The van der Waals surface area contributed by atoms with Crippen LogP contribution in [0.5, 0.6) is 0 Å². The molecule has 2 fully saturated rings. The van der Waals surface area contributed by atoms with Gasteiger partial charge in [-0.2, -0.15) is 5.10 Å². The molecule has 0 spiro atoms. The van der Waals surface area contributed by atoms with Gasteiger partial charge < -0.3 is 15.0 Å². The summed E-state index contributed by atoms with van der Waals surface area (Å²) in [6.45, 7) is 4.78. The second-order valence-corrected chi connectivity index (χ2v) is 6.28. The van der Waals surface area contributed by atoms with Crippen LogP contribution in [0.4, 0.5) is 0 Å². The van der Waals surface area contributed by atoms with Crippen molar-refractivity contribution in [2.24, 2.45) is 0 Å². The number of aromatic nitrogens is 2. The highest BCUT2D eigenvalue weighted by Crippen LogP contribution is 2.21. The predicted molar refractivity (Wildman–Crippen MR) is 87.7 cm³/mol. The first-order valence-corrected chi connectivity index (χ1v) is 8.52. The van der Waals surface area contributed by atoms with Crippen molar-refractivity contribution < 1.29 is 14.3 Å². The fourth-order valence-corrected chi connectivity index (χ4v) is 3.29. The number of hydrogen-bond acceptors (Lipinski definition) is 5. The van der Waals surface area contributed by atoms with Gasteiger partial charge in [0, 0.05) is 32.9 Å². The highest BCUT2D eigenvalue weighted by Gasteiger charge is 2.26. The van der Waals surface area contributed by atoms with Crippen molar-refractivity contribution in [3.05, 3.63) is 18.0 Å². The average molecular weight is 335 g/mol. The number of ether oxygens (including phenoxy) is 1. The van der Waals surface area contributed by atoms with Gasteiger partial charge in [-0.1, -0.05) is 0 Å². The van der Waals surface area contributed by atoms with Crippen LogP contribution >= 0.6 is 0 Å². The second kappa shape index (κ2) is 7.76. The Morgan fingerprint density at radius 3 is 2.88 bits per heavy atom. The third kappa shape index (κ3) is 3.93. The molecule has 0 radical (unpaired) electrons. The molecule has 1 atom stereocenters. The summed E-state index contributed by atoms with van der Waals surface area (Å²) in [6.07, 6.45) is 3.88. The Morgan fingerprint density at radius 1 is 1.33 bits per heavy atom. The van der Waals surface area contributed by atoms with Crippen molar-refractivity contribution in [2.45, 2.75) is 18.9 Å². The normalized spacial score (nSPS) is 22.4. The van der Waals surface area contributed by atoms with Crippen molar-refractivity contribution in [3.8, 4) is 0 Å². The molecule has 132 valence electrons. The monoisotopic (exact) mass is 335 g/mol. The van der Waals surface area contributed by atoms with Gasteiger partial charge >= 0.3 is 0 Å². The fourth-order valence-electron chi connectivity index (χ4n) is 3.29. The highest BCUT2D eigenvalue weighted by molar-refractivity contribution is 5.91. The Hall–Kier alpha value is -1.93. The van der Waals surface area contributed by atoms with Gasteiger partial charge in [-0.05, 0) is 25.5 Å². The van der Waals surface area contributed by atoms with Gasteiger partial charge in [0.05, 0.1) is 25.8 Å². The largest absolute Gasteiger partial charge is 0.378 e. The lowest BCUT2D eigenvalue weighted by Crippen LogP contribution is -2.48. The lowest BCUT2D eigenvalue weighted by molar-refractivity contribution is -0.136. The van der Waals surface area contributed by atoms with Gasteiger partial charge in [0.15, 0.2) is 0 Å². The van der Waals surface area contributed by atoms with E-state index < -0.39 is 0 Å². The zero-order valence-electron chi connectivity index (χ0n) is 14.1. The predicted octanol–water partition coefficient (Wildman–Crippen LogP) is -0.262. The van der Waals surface area contributed by atoms with E-state index >= 15 is 0 Å². The number of carbonyl (C=O) groups excluding carboxylic acids is 2. The first-order valence-electron chi connectivity index (χ1n) is 8.52. The molecule has 3 heterocycles. The zero-order chi connectivity index (χ0) is 16.9. The minimum absolute atomic E-state index is 0.172. The summed E-state index contributed by atoms with van der Waals surface area (Å²) in [5, 5.41) is 6.96. The van der Waals surface area contributed by atoms with E-state index in [1.807, 2.05) is 15.8 Å². The van der Waals surface area contributed by atoms with Crippen LogP contribution in [0, 0.1) is 0 Å². The van der Waals surface area contributed by atoms with Crippen LogP contribution < -0.4 is 5.32 Å². The van der Waals surface area contributed by atoms with Gasteiger partial charge in [0.1, 0.15) is 5.69 Å². The van der Waals surface area contributed by atoms with Gasteiger partial charge in [0.2, 0.25) is 5.91 Å². The molecule has 0 aliphatic carbocycles. The number of amides is 2. The molecule has 2 aliphatic rings. The smallest absolute Gasteiger partial charge is 0.271 e. The van der Waals surface area contributed by atoms with Crippen LogP contribution in [-0.4, -0.2) is 84.4 Å². The third-order valence-corrected chi connectivity index (χ3v) is 4.65. The van der Waals surface area contributed by atoms with Crippen LogP contribution in [-0.2, 0) is 9.53 Å². The third-order valence-electron chi connectivity index (χ3n) is 4.65. The van der Waals surface area contributed by atoms with E-state index in [0.717, 1.165) is 25.9 Å². The minimum atomic E-state index is -0.177. The summed E-state index contributed by atoms with van der Waals surface area (Å²) in [4.78, 5) is 28.1. The molecule has 1 aromatic rings. The van der Waals surface area contributed by atoms with Crippen molar-refractivity contribution in [2.75, 3.05) is 53.0 Å². The van der Waals surface area contributed by atoms with E-state index in [-0.39, 0.29) is 17.9 Å². The standard InChI is InChI=1S/C16H25N5O3/c1-17-16(23)14-4-6-21(18-14)13-3-2-5-19(11-13)12-15(22)20-7-9-24-10-8-20/h4,6,13H,2-3,5,7-12H2,1H3,(H,17,23)/t13-/m1/s1. The fraction of sp³-hybridized carbons (Fsp3) is 0.688. The van der Waals surface area contributed by atoms with E-state index in [4.69, 9.17) is 4.74 Å². The van der Waals surface area contributed by atoms with Crippen LogP contribution in [0.15, 0.2) is 12.3 Å². The number of likely N-dealkylation sites (tertiary alicyclic amines) is 1. The molecule has 0 saturated carbocycles. The Kier molecular flexibility index (Phi) is 5.47. The maximum absolute atomic E-state index is 12.4. The van der Waals surface area contributed by atoms with Gasteiger partial charge in [-0.15, -0.1) is 0 Å². The first-order chi connectivity index (χ1) is 11.7. The summed E-state index contributed by atoms with van der Waals surface area (Å²) < 4.78 is 7.15. The van der Waals surface area contributed by atoms with Crippen molar-refractivity contribution in [3.63, 3.8) is 0 Å². The Labute approximate surface area is 141 Å². The zero-order valence-corrected chi connectivity index (χ0v) is 14.1. The molecule has 3 rings (SSSR count). The topological polar surface area (TPSA) is 79.7 Å². The van der Waals surface area contributed by atoms with Crippen LogP contribution in [0.25, 0.3) is 0 Å². The summed E-state index contributed by atoms with van der Waals surface area (Å²) in [7, 11) is 1.60. The molecule has 1 aromatic heterocycles. The van der Waals surface area contributed by atoms with E-state index in [9.17, 15) is 9.59 Å². The summed E-state index contributed by atoms with van der Waals surface area (Å²) in [5.41, 5.74) is 0.430. The first kappa shape index (κ1) is 16.9. The van der Waals surface area contributed by atoms with Gasteiger partial charge in [0.25, 0.3) is 5.91 Å². The lowest BCUT2D eigenvalue weighted by atomic mass is 10.1. The van der Waals surface area contributed by atoms with E-state index in [1.54, 1.807) is 13.1 Å². The van der Waals surface area contributed by atoms with Crippen molar-refractivity contribution >= 4 is 11.8 Å². The molecule has 1 N–H and O–H groups in total. The Bertz CT molecular complexity index is 582. The number of morpholine rings is 1. The molecule has 0 unspecified atom stereocenters. The number of nitrogens with one attached hydrogen (secondary N) is 1. The lowest BCUT2D eigenvalue weighted by Gasteiger charge is -2.34. The quantitative estimate of drug-likeness (QED) is 0.820. The van der Waals surface area contributed by atoms with Gasteiger partial charge in [-0.25, -0.2) is 0 Å². The number of hydrogen-bond donors (Lipinski definition) is 1. The molecule has 0 aromatic carbocycles.